The van der Waals surface area contributed by atoms with Gasteiger partial charge in [-0.1, -0.05) is 48.5 Å². The first kappa shape index (κ1) is 17.3. The Kier molecular flexibility index (Phi) is 5.35. The quantitative estimate of drug-likeness (QED) is 0.790. The number of benzene rings is 2. The Hall–Kier alpha value is -2.13. The lowest BCUT2D eigenvalue weighted by Crippen LogP contribution is -2.48. The van der Waals surface area contributed by atoms with Crippen LogP contribution in [-0.4, -0.2) is 37.0 Å². The molecule has 2 fully saturated rings. The lowest BCUT2D eigenvalue weighted by Gasteiger charge is -2.40. The fourth-order valence-corrected chi connectivity index (χ4v) is 4.26. The molecule has 2 aliphatic rings. The molecule has 0 aromatic heterocycles. The van der Waals surface area contributed by atoms with Gasteiger partial charge in [0, 0.05) is 38.3 Å². The Bertz CT molecular complexity index is 737. The summed E-state index contributed by atoms with van der Waals surface area (Å²) < 4.78 is 0. The maximum Gasteiger partial charge on any atom is 0.226 e. The second kappa shape index (κ2) is 8.05. The van der Waals surface area contributed by atoms with Gasteiger partial charge in [-0.05, 0) is 48.8 Å². The predicted molar refractivity (Wildman–Crippen MR) is 106 cm³/mol. The van der Waals surface area contributed by atoms with E-state index in [1.165, 1.54) is 30.6 Å². The van der Waals surface area contributed by atoms with Crippen molar-refractivity contribution >= 4 is 11.6 Å². The molecule has 0 saturated carbocycles. The summed E-state index contributed by atoms with van der Waals surface area (Å²) in [6.07, 6.45) is 5.07. The number of amides is 1. The minimum atomic E-state index is 0.288. The highest BCUT2D eigenvalue weighted by molar-refractivity contribution is 5.94. The summed E-state index contributed by atoms with van der Waals surface area (Å²) in [4.78, 5) is 16.8. The van der Waals surface area contributed by atoms with Gasteiger partial charge in [0.25, 0.3) is 0 Å². The van der Waals surface area contributed by atoms with Gasteiger partial charge in [-0.15, -0.1) is 0 Å². The van der Waals surface area contributed by atoms with E-state index in [-0.39, 0.29) is 5.91 Å². The molecule has 26 heavy (non-hydrogen) atoms. The summed E-state index contributed by atoms with van der Waals surface area (Å²) in [6.45, 7) is 4.35. The van der Waals surface area contributed by atoms with Crippen LogP contribution in [0.2, 0.25) is 0 Å². The Balaban J connectivity index is 1.30. The number of carbonyl (C=O) groups excluding carboxylic acids is 1. The first-order chi connectivity index (χ1) is 12.8. The Morgan fingerprint density at radius 1 is 0.923 bits per heavy atom. The van der Waals surface area contributed by atoms with Gasteiger partial charge in [-0.25, -0.2) is 0 Å². The van der Waals surface area contributed by atoms with Gasteiger partial charge in [0.1, 0.15) is 0 Å². The predicted octanol–water partition coefficient (Wildman–Crippen LogP) is 3.92. The lowest BCUT2D eigenvalue weighted by molar-refractivity contribution is -0.119. The maximum absolute atomic E-state index is 12.3. The van der Waals surface area contributed by atoms with Crippen molar-refractivity contribution in [3.05, 3.63) is 65.7 Å². The largest absolute Gasteiger partial charge is 0.312 e. The fraction of sp³-hybridized carbons (Fsp3) is 0.435. The van der Waals surface area contributed by atoms with E-state index in [1.54, 1.807) is 0 Å². The zero-order valence-electron chi connectivity index (χ0n) is 15.4. The normalized spacial score (nSPS) is 18.8. The van der Waals surface area contributed by atoms with Crippen LogP contribution in [0.1, 0.15) is 30.4 Å². The fourth-order valence-electron chi connectivity index (χ4n) is 4.26. The zero-order valence-corrected chi connectivity index (χ0v) is 15.4. The molecular weight excluding hydrogens is 320 g/mol. The number of carbonyl (C=O) groups is 1. The van der Waals surface area contributed by atoms with Crippen molar-refractivity contribution in [2.45, 2.75) is 32.1 Å². The van der Waals surface area contributed by atoms with Crippen LogP contribution in [0.25, 0.3) is 0 Å². The van der Waals surface area contributed by atoms with Crippen molar-refractivity contribution in [2.24, 2.45) is 5.92 Å². The molecule has 2 aromatic rings. The van der Waals surface area contributed by atoms with Crippen LogP contribution in [-0.2, 0) is 17.6 Å². The standard InChI is InChI=1S/C23H28N2O/c26-23-12-6-7-14-25(23)22-11-5-4-10-21(22)13-15-24-17-20(18-24)16-19-8-2-1-3-9-19/h1-5,8-11,20H,6-7,12-18H2. The number of hydrogen-bond acceptors (Lipinski definition) is 2. The minimum Gasteiger partial charge on any atom is -0.312 e. The second-order valence-corrected chi connectivity index (χ2v) is 7.70. The van der Waals surface area contributed by atoms with Crippen molar-refractivity contribution in [3.8, 4) is 0 Å². The zero-order chi connectivity index (χ0) is 17.8. The second-order valence-electron chi connectivity index (χ2n) is 7.70. The van der Waals surface area contributed by atoms with Gasteiger partial charge in [0.15, 0.2) is 0 Å². The number of para-hydroxylation sites is 1. The van der Waals surface area contributed by atoms with Gasteiger partial charge in [-0.2, -0.15) is 0 Å². The van der Waals surface area contributed by atoms with Crippen molar-refractivity contribution in [1.29, 1.82) is 0 Å². The third-order valence-electron chi connectivity index (χ3n) is 5.70. The smallest absolute Gasteiger partial charge is 0.226 e. The summed E-state index contributed by atoms with van der Waals surface area (Å²) in [6, 6.07) is 19.3. The molecule has 2 aromatic carbocycles. The van der Waals surface area contributed by atoms with Gasteiger partial charge < -0.3 is 9.80 Å². The molecule has 0 spiro atoms. The number of nitrogens with zero attached hydrogens (tertiary/aromatic N) is 2. The van der Waals surface area contributed by atoms with Crippen LogP contribution in [0.3, 0.4) is 0 Å². The van der Waals surface area contributed by atoms with Crippen LogP contribution in [0.15, 0.2) is 54.6 Å². The van der Waals surface area contributed by atoms with Crippen molar-refractivity contribution in [3.63, 3.8) is 0 Å². The average molecular weight is 348 g/mol. The van der Waals surface area contributed by atoms with Crippen molar-refractivity contribution < 1.29 is 4.79 Å². The van der Waals surface area contributed by atoms with Crippen molar-refractivity contribution in [2.75, 3.05) is 31.1 Å². The highest BCUT2D eigenvalue weighted by Gasteiger charge is 2.27. The Morgan fingerprint density at radius 3 is 2.50 bits per heavy atom. The van der Waals surface area contributed by atoms with E-state index in [0.29, 0.717) is 6.42 Å². The number of likely N-dealkylation sites (tertiary alicyclic amines) is 1. The average Bonchev–Trinajstić information content (AvgIpc) is 2.65. The Morgan fingerprint density at radius 2 is 1.69 bits per heavy atom. The van der Waals surface area contributed by atoms with E-state index in [2.05, 4.69) is 59.5 Å². The third kappa shape index (κ3) is 3.99. The van der Waals surface area contributed by atoms with E-state index in [1.807, 2.05) is 4.90 Å². The van der Waals surface area contributed by atoms with Gasteiger partial charge in [0.05, 0.1) is 0 Å². The number of hydrogen-bond donors (Lipinski definition) is 0. The van der Waals surface area contributed by atoms with Gasteiger partial charge >= 0.3 is 0 Å². The first-order valence-corrected chi connectivity index (χ1v) is 9.94. The maximum atomic E-state index is 12.3. The van der Waals surface area contributed by atoms with Gasteiger partial charge in [0.2, 0.25) is 5.91 Å². The molecule has 2 aliphatic heterocycles. The van der Waals surface area contributed by atoms with Crippen LogP contribution in [0.5, 0.6) is 0 Å². The highest BCUT2D eigenvalue weighted by Crippen LogP contribution is 2.27. The molecule has 0 aliphatic carbocycles. The third-order valence-corrected chi connectivity index (χ3v) is 5.70. The molecule has 0 radical (unpaired) electrons. The van der Waals surface area contributed by atoms with Crippen LogP contribution in [0.4, 0.5) is 5.69 Å². The number of rotatable bonds is 6. The molecule has 0 bridgehead atoms. The van der Waals surface area contributed by atoms with E-state index < -0.39 is 0 Å². The molecule has 0 unspecified atom stereocenters. The van der Waals surface area contributed by atoms with Crippen LogP contribution >= 0.6 is 0 Å². The van der Waals surface area contributed by atoms with Crippen LogP contribution in [0, 0.1) is 5.92 Å². The van der Waals surface area contributed by atoms with Crippen molar-refractivity contribution in [1.82, 2.24) is 4.90 Å². The number of anilines is 1. The highest BCUT2D eigenvalue weighted by atomic mass is 16.2. The molecule has 0 atom stereocenters. The first-order valence-electron chi connectivity index (χ1n) is 9.94. The summed E-state index contributed by atoms with van der Waals surface area (Å²) in [7, 11) is 0. The van der Waals surface area contributed by atoms with E-state index in [9.17, 15) is 4.79 Å². The summed E-state index contributed by atoms with van der Waals surface area (Å²) in [5.41, 5.74) is 3.90. The molecule has 3 heteroatoms. The summed E-state index contributed by atoms with van der Waals surface area (Å²) >= 11 is 0. The molecule has 136 valence electrons. The topological polar surface area (TPSA) is 23.6 Å². The van der Waals surface area contributed by atoms with E-state index in [0.717, 1.165) is 44.0 Å². The summed E-state index contributed by atoms with van der Waals surface area (Å²) in [5, 5.41) is 0. The molecular formula is C23H28N2O. The molecule has 2 heterocycles. The van der Waals surface area contributed by atoms with E-state index in [4.69, 9.17) is 0 Å². The molecule has 4 rings (SSSR count). The Labute approximate surface area is 156 Å². The van der Waals surface area contributed by atoms with Crippen LogP contribution < -0.4 is 4.90 Å². The lowest BCUT2D eigenvalue weighted by atomic mass is 9.92. The van der Waals surface area contributed by atoms with E-state index >= 15 is 0 Å². The SMILES string of the molecule is O=C1CCCCN1c1ccccc1CCN1CC(Cc2ccccc2)C1. The summed E-state index contributed by atoms with van der Waals surface area (Å²) in [5.74, 6) is 1.08. The molecule has 3 nitrogen and oxygen atoms in total. The minimum absolute atomic E-state index is 0.288. The monoisotopic (exact) mass is 348 g/mol. The molecule has 1 amide bonds. The number of piperidine rings is 1. The molecule has 0 N–H and O–H groups in total. The van der Waals surface area contributed by atoms with Gasteiger partial charge in [-0.3, -0.25) is 4.79 Å². The molecule has 2 saturated heterocycles.